The van der Waals surface area contributed by atoms with Crippen molar-refractivity contribution in [2.45, 2.75) is 51.5 Å². The van der Waals surface area contributed by atoms with E-state index in [2.05, 4.69) is 26.6 Å². The van der Waals surface area contributed by atoms with Gasteiger partial charge in [0.1, 0.15) is 23.7 Å². The number of pyridine rings is 2. The van der Waals surface area contributed by atoms with Gasteiger partial charge in [-0.3, -0.25) is 9.38 Å². The number of nitrogens with zero attached hydrogens (tertiary/aromatic N) is 4. The van der Waals surface area contributed by atoms with Crippen LogP contribution in [0.15, 0.2) is 36.7 Å². The van der Waals surface area contributed by atoms with Crippen molar-refractivity contribution >= 4 is 11.5 Å². The number of alkyl halides is 2. The first-order valence-corrected chi connectivity index (χ1v) is 11.2. The average Bonchev–Trinajstić information content (AvgIpc) is 3.45. The zero-order valence-corrected chi connectivity index (χ0v) is 18.1. The molecule has 4 aromatic rings. The minimum absolute atomic E-state index is 0.172. The highest BCUT2D eigenvalue weighted by molar-refractivity contribution is 5.81. The van der Waals surface area contributed by atoms with Crippen LogP contribution in [-0.2, 0) is 19.4 Å². The molecule has 3 aromatic heterocycles. The predicted molar refractivity (Wildman–Crippen MR) is 119 cm³/mol. The summed E-state index contributed by atoms with van der Waals surface area (Å²) >= 11 is 0. The molecule has 0 bridgehead atoms. The summed E-state index contributed by atoms with van der Waals surface area (Å²) < 4.78 is 42.9. The SMILES string of the molecule is Cc1nc(C(F)F)ccc1-c1cc2c(n3cnnc13)NCc1c(F)ccc3c1C(CC3)CC2. The van der Waals surface area contributed by atoms with E-state index in [0.29, 0.717) is 23.8 Å². The van der Waals surface area contributed by atoms with Gasteiger partial charge in [-0.15, -0.1) is 10.2 Å². The predicted octanol–water partition coefficient (Wildman–Crippen LogP) is 5.76. The summed E-state index contributed by atoms with van der Waals surface area (Å²) in [6.07, 6.45) is 2.74. The van der Waals surface area contributed by atoms with Crippen LogP contribution < -0.4 is 5.32 Å². The molecule has 0 spiro atoms. The molecular weight excluding hydrogens is 427 g/mol. The normalized spacial score (nSPS) is 17.3. The maximum atomic E-state index is 14.8. The molecule has 0 saturated carbocycles. The van der Waals surface area contributed by atoms with Crippen LogP contribution in [0.2, 0.25) is 0 Å². The van der Waals surface area contributed by atoms with Crippen molar-refractivity contribution in [3.63, 3.8) is 0 Å². The van der Waals surface area contributed by atoms with E-state index in [1.807, 2.05) is 10.5 Å². The van der Waals surface area contributed by atoms with Crippen LogP contribution in [-0.4, -0.2) is 19.6 Å². The van der Waals surface area contributed by atoms with E-state index >= 15 is 0 Å². The maximum Gasteiger partial charge on any atom is 0.280 e. The van der Waals surface area contributed by atoms with Crippen LogP contribution in [0.3, 0.4) is 0 Å². The average molecular weight is 449 g/mol. The third-order valence-electron chi connectivity index (χ3n) is 7.03. The lowest BCUT2D eigenvalue weighted by Gasteiger charge is -2.17. The molecule has 1 aromatic carbocycles. The van der Waals surface area contributed by atoms with Crippen LogP contribution >= 0.6 is 0 Å². The van der Waals surface area contributed by atoms with Crippen molar-refractivity contribution < 1.29 is 13.2 Å². The first-order valence-electron chi connectivity index (χ1n) is 11.2. The van der Waals surface area contributed by atoms with Crippen LogP contribution in [0.4, 0.5) is 19.0 Å². The lowest BCUT2D eigenvalue weighted by atomic mass is 9.90. The van der Waals surface area contributed by atoms with Crippen molar-refractivity contribution in [2.24, 2.45) is 0 Å². The quantitative estimate of drug-likeness (QED) is 0.423. The van der Waals surface area contributed by atoms with Gasteiger partial charge >= 0.3 is 0 Å². The van der Waals surface area contributed by atoms with Crippen molar-refractivity contribution in [1.29, 1.82) is 0 Å². The lowest BCUT2D eigenvalue weighted by Crippen LogP contribution is -2.10. The monoisotopic (exact) mass is 449 g/mol. The van der Waals surface area contributed by atoms with Crippen molar-refractivity contribution in [2.75, 3.05) is 5.32 Å². The maximum absolute atomic E-state index is 14.8. The number of hydrogen-bond acceptors (Lipinski definition) is 4. The Kier molecular flexibility index (Phi) is 4.64. The Balaban J connectivity index is 1.49. The van der Waals surface area contributed by atoms with E-state index in [0.717, 1.165) is 59.3 Å². The summed E-state index contributed by atoms with van der Waals surface area (Å²) in [5.74, 6) is 0.992. The Bertz CT molecular complexity index is 1390. The molecule has 1 aliphatic heterocycles. The van der Waals surface area contributed by atoms with E-state index in [-0.39, 0.29) is 11.5 Å². The highest BCUT2D eigenvalue weighted by atomic mass is 19.3. The summed E-state index contributed by atoms with van der Waals surface area (Å²) in [6, 6.07) is 8.60. The van der Waals surface area contributed by atoms with Crippen molar-refractivity contribution in [3.05, 3.63) is 76.1 Å². The summed E-state index contributed by atoms with van der Waals surface area (Å²) in [6.45, 7) is 2.11. The smallest absolute Gasteiger partial charge is 0.280 e. The molecule has 6 rings (SSSR count). The van der Waals surface area contributed by atoms with Gasteiger partial charge < -0.3 is 5.32 Å². The topological polar surface area (TPSA) is 55.1 Å². The number of anilines is 1. The van der Waals surface area contributed by atoms with Gasteiger partial charge in [0.05, 0.1) is 0 Å². The molecule has 8 heteroatoms. The van der Waals surface area contributed by atoms with Gasteiger partial charge in [-0.2, -0.15) is 0 Å². The van der Waals surface area contributed by atoms with Crippen LogP contribution in [0.25, 0.3) is 16.8 Å². The molecule has 0 saturated heterocycles. The number of aryl methyl sites for hydroxylation is 3. The lowest BCUT2D eigenvalue weighted by molar-refractivity contribution is 0.146. The second-order valence-corrected chi connectivity index (χ2v) is 8.85. The Morgan fingerprint density at radius 3 is 2.67 bits per heavy atom. The summed E-state index contributed by atoms with van der Waals surface area (Å²) in [5, 5.41) is 11.9. The molecule has 5 nitrogen and oxygen atoms in total. The number of rotatable bonds is 2. The van der Waals surface area contributed by atoms with Crippen LogP contribution in [0.1, 0.15) is 58.8 Å². The van der Waals surface area contributed by atoms with Gasteiger partial charge in [0.25, 0.3) is 6.43 Å². The summed E-state index contributed by atoms with van der Waals surface area (Å²) in [5.41, 5.74) is 6.66. The molecular formula is C25H22F3N5. The molecule has 1 aliphatic carbocycles. The molecule has 0 fully saturated rings. The second-order valence-electron chi connectivity index (χ2n) is 8.85. The van der Waals surface area contributed by atoms with Crippen LogP contribution in [0, 0.1) is 12.7 Å². The fourth-order valence-electron chi connectivity index (χ4n) is 5.48. The highest BCUT2D eigenvalue weighted by Gasteiger charge is 2.29. The molecule has 168 valence electrons. The van der Waals surface area contributed by atoms with E-state index in [9.17, 15) is 13.2 Å². The van der Waals surface area contributed by atoms with Crippen molar-refractivity contribution in [3.8, 4) is 11.1 Å². The second kappa shape index (κ2) is 7.57. The van der Waals surface area contributed by atoms with Gasteiger partial charge in [0, 0.05) is 28.9 Å². The first kappa shape index (κ1) is 20.2. The summed E-state index contributed by atoms with van der Waals surface area (Å²) in [4.78, 5) is 4.11. The highest BCUT2D eigenvalue weighted by Crippen LogP contribution is 2.42. The number of hydrogen-bond donors (Lipinski definition) is 1. The molecule has 0 radical (unpaired) electrons. The molecule has 4 heterocycles. The van der Waals surface area contributed by atoms with Gasteiger partial charge in [0.15, 0.2) is 5.65 Å². The molecule has 0 amide bonds. The Morgan fingerprint density at radius 1 is 1.06 bits per heavy atom. The summed E-state index contributed by atoms with van der Waals surface area (Å²) in [7, 11) is 0. The van der Waals surface area contributed by atoms with Crippen LogP contribution in [0.5, 0.6) is 0 Å². The van der Waals surface area contributed by atoms with Gasteiger partial charge in [-0.25, -0.2) is 13.2 Å². The van der Waals surface area contributed by atoms with E-state index < -0.39 is 6.43 Å². The molecule has 1 atom stereocenters. The minimum Gasteiger partial charge on any atom is -0.367 e. The molecule has 1 N–H and O–H groups in total. The van der Waals surface area contributed by atoms with Gasteiger partial charge in [-0.1, -0.05) is 12.1 Å². The molecule has 1 unspecified atom stereocenters. The number of benzene rings is 1. The Morgan fingerprint density at radius 2 is 1.88 bits per heavy atom. The number of fused-ring (bicyclic) bond motifs is 3. The Hall–Kier alpha value is -3.42. The number of nitrogens with one attached hydrogen (secondary N) is 1. The standard InChI is InChI=1S/C25H22F3N5/c1-13-17(7-9-21(31-13)23(27)28)18-10-16-5-4-14-2-3-15-6-8-20(26)19(22(14)15)11-29-24(16)33-12-30-32-25(18)33/h6-10,12,14,23,29H,2-5,11H2,1H3. The third-order valence-corrected chi connectivity index (χ3v) is 7.03. The van der Waals surface area contributed by atoms with Gasteiger partial charge in [0.2, 0.25) is 0 Å². The Labute approximate surface area is 188 Å². The fraction of sp³-hybridized carbons (Fsp3) is 0.320. The first-order chi connectivity index (χ1) is 16.0. The van der Waals surface area contributed by atoms with Gasteiger partial charge in [-0.05, 0) is 73.4 Å². The number of aromatic nitrogens is 4. The minimum atomic E-state index is -2.62. The zero-order valence-electron chi connectivity index (χ0n) is 18.1. The van der Waals surface area contributed by atoms with E-state index in [1.165, 1.54) is 11.6 Å². The molecule has 33 heavy (non-hydrogen) atoms. The molecule has 2 aliphatic rings. The largest absolute Gasteiger partial charge is 0.367 e. The van der Waals surface area contributed by atoms with Crippen molar-refractivity contribution in [1.82, 2.24) is 19.6 Å². The number of halogens is 3. The van der Waals surface area contributed by atoms with E-state index in [1.54, 1.807) is 25.4 Å². The zero-order chi connectivity index (χ0) is 22.7. The third kappa shape index (κ3) is 3.19. The van der Waals surface area contributed by atoms with E-state index in [4.69, 9.17) is 0 Å². The fourth-order valence-corrected chi connectivity index (χ4v) is 5.48.